The first-order chi connectivity index (χ1) is 13.6. The third kappa shape index (κ3) is 3.54. The minimum Gasteiger partial charge on any atom is -0.486 e. The fourth-order valence-corrected chi connectivity index (χ4v) is 5.16. The Morgan fingerprint density at radius 2 is 1.86 bits per heavy atom. The molecule has 0 amide bonds. The minimum absolute atomic E-state index is 0.0676. The molecule has 8 heteroatoms. The Morgan fingerprint density at radius 1 is 1.04 bits per heavy atom. The van der Waals surface area contributed by atoms with Gasteiger partial charge in [0.15, 0.2) is 11.5 Å². The molecule has 142 valence electrons. The van der Waals surface area contributed by atoms with E-state index in [1.807, 2.05) is 23.6 Å². The second-order valence-electron chi connectivity index (χ2n) is 6.06. The van der Waals surface area contributed by atoms with Gasteiger partial charge in [0.25, 0.3) is 10.0 Å². The van der Waals surface area contributed by atoms with Gasteiger partial charge in [-0.3, -0.25) is 4.31 Å². The summed E-state index contributed by atoms with van der Waals surface area (Å²) >= 11 is 1.48. The third-order valence-electron chi connectivity index (χ3n) is 4.24. The van der Waals surface area contributed by atoms with Gasteiger partial charge in [0, 0.05) is 10.9 Å². The van der Waals surface area contributed by atoms with Crippen molar-refractivity contribution >= 4 is 27.0 Å². The number of nitriles is 1. The number of ether oxygens (including phenoxy) is 2. The molecule has 28 heavy (non-hydrogen) atoms. The fraction of sp³-hybridized carbons (Fsp3) is 0.150. The Hall–Kier alpha value is -3.02. The van der Waals surface area contributed by atoms with Gasteiger partial charge in [0.05, 0.1) is 28.8 Å². The number of thiophene rings is 1. The van der Waals surface area contributed by atoms with Gasteiger partial charge in [-0.2, -0.15) is 5.26 Å². The summed E-state index contributed by atoms with van der Waals surface area (Å²) in [5.41, 5.74) is 0.763. The highest BCUT2D eigenvalue weighted by molar-refractivity contribution is 7.92. The number of hydrogen-bond acceptors (Lipinski definition) is 6. The Labute approximate surface area is 167 Å². The molecule has 2 heterocycles. The van der Waals surface area contributed by atoms with Crippen LogP contribution in [0.5, 0.6) is 11.5 Å². The first-order valence-electron chi connectivity index (χ1n) is 8.53. The lowest BCUT2D eigenvalue weighted by molar-refractivity contribution is 0.171. The molecule has 4 rings (SSSR count). The summed E-state index contributed by atoms with van der Waals surface area (Å²) in [6, 6.07) is 16.9. The van der Waals surface area contributed by atoms with E-state index < -0.39 is 10.0 Å². The van der Waals surface area contributed by atoms with Crippen molar-refractivity contribution in [3.8, 4) is 17.6 Å². The summed E-state index contributed by atoms with van der Waals surface area (Å²) < 4.78 is 39.4. The van der Waals surface area contributed by atoms with Crippen molar-refractivity contribution in [3.05, 3.63) is 70.4 Å². The molecule has 6 nitrogen and oxygen atoms in total. The van der Waals surface area contributed by atoms with E-state index in [4.69, 9.17) is 14.7 Å². The van der Waals surface area contributed by atoms with Gasteiger partial charge < -0.3 is 9.47 Å². The van der Waals surface area contributed by atoms with Crippen LogP contribution in [0.1, 0.15) is 10.4 Å². The predicted octanol–water partition coefficient (Wildman–Crippen LogP) is 3.79. The van der Waals surface area contributed by atoms with Crippen molar-refractivity contribution in [3.63, 3.8) is 0 Å². The molecule has 0 saturated heterocycles. The van der Waals surface area contributed by atoms with Crippen molar-refractivity contribution in [1.82, 2.24) is 0 Å². The molecular formula is C20H16N2O4S2. The SMILES string of the molecule is N#Cc1cccc(S(=O)(=O)N(Cc2cccs2)c2ccc3c(c2)OCCO3)c1. The van der Waals surface area contributed by atoms with Gasteiger partial charge in [-0.1, -0.05) is 12.1 Å². The Bertz CT molecular complexity index is 1140. The van der Waals surface area contributed by atoms with Crippen molar-refractivity contribution in [1.29, 1.82) is 5.26 Å². The molecule has 1 aliphatic heterocycles. The molecule has 0 radical (unpaired) electrons. The molecule has 0 spiro atoms. The smallest absolute Gasteiger partial charge is 0.264 e. The van der Waals surface area contributed by atoms with Gasteiger partial charge in [-0.15, -0.1) is 11.3 Å². The van der Waals surface area contributed by atoms with Crippen LogP contribution in [-0.2, 0) is 16.6 Å². The third-order valence-corrected chi connectivity index (χ3v) is 6.88. The van der Waals surface area contributed by atoms with Gasteiger partial charge in [0.1, 0.15) is 13.2 Å². The molecule has 0 atom stereocenters. The Kier molecular flexibility index (Phi) is 4.94. The minimum atomic E-state index is -3.90. The van der Waals surface area contributed by atoms with Gasteiger partial charge >= 0.3 is 0 Å². The zero-order valence-corrected chi connectivity index (χ0v) is 16.4. The van der Waals surface area contributed by atoms with Crippen LogP contribution in [0.25, 0.3) is 0 Å². The summed E-state index contributed by atoms with van der Waals surface area (Å²) in [5.74, 6) is 1.11. The van der Waals surface area contributed by atoms with Crippen LogP contribution >= 0.6 is 11.3 Å². The van der Waals surface area contributed by atoms with Crippen LogP contribution < -0.4 is 13.8 Å². The fourth-order valence-electron chi connectivity index (χ4n) is 2.90. The number of sulfonamides is 1. The van der Waals surface area contributed by atoms with E-state index in [1.165, 1.54) is 27.8 Å². The van der Waals surface area contributed by atoms with E-state index >= 15 is 0 Å². The molecule has 3 aromatic rings. The molecule has 0 N–H and O–H groups in total. The Morgan fingerprint density at radius 3 is 2.61 bits per heavy atom. The molecule has 0 unspecified atom stereocenters. The molecule has 1 aromatic heterocycles. The summed E-state index contributed by atoms with van der Waals surface area (Å²) in [6.07, 6.45) is 0. The molecule has 0 saturated carbocycles. The molecule has 0 aliphatic carbocycles. The predicted molar refractivity (Wildman–Crippen MR) is 106 cm³/mol. The maximum Gasteiger partial charge on any atom is 0.264 e. The molecule has 2 aromatic carbocycles. The van der Waals surface area contributed by atoms with Crippen LogP contribution in [0.4, 0.5) is 5.69 Å². The molecular weight excluding hydrogens is 396 g/mol. The molecule has 1 aliphatic rings. The second-order valence-corrected chi connectivity index (χ2v) is 8.95. The highest BCUT2D eigenvalue weighted by atomic mass is 32.2. The summed E-state index contributed by atoms with van der Waals surface area (Å²) in [7, 11) is -3.90. The summed E-state index contributed by atoms with van der Waals surface area (Å²) in [4.78, 5) is 0.966. The normalized spacial score (nSPS) is 13.0. The number of hydrogen-bond donors (Lipinski definition) is 0. The maximum atomic E-state index is 13.4. The second kappa shape index (κ2) is 7.54. The monoisotopic (exact) mass is 412 g/mol. The lowest BCUT2D eigenvalue weighted by atomic mass is 10.2. The topological polar surface area (TPSA) is 79.6 Å². The van der Waals surface area contributed by atoms with E-state index in [0.717, 1.165) is 4.88 Å². The largest absolute Gasteiger partial charge is 0.486 e. The molecule has 0 bridgehead atoms. The van der Waals surface area contributed by atoms with E-state index in [9.17, 15) is 8.42 Å². The van der Waals surface area contributed by atoms with Crippen molar-refractivity contribution in [2.24, 2.45) is 0 Å². The highest BCUT2D eigenvalue weighted by Gasteiger charge is 2.27. The first kappa shape index (κ1) is 18.3. The van der Waals surface area contributed by atoms with Crippen LogP contribution in [0.3, 0.4) is 0 Å². The van der Waals surface area contributed by atoms with Gasteiger partial charge in [0.2, 0.25) is 0 Å². The first-order valence-corrected chi connectivity index (χ1v) is 10.8. The van der Waals surface area contributed by atoms with Crippen molar-refractivity contribution < 1.29 is 17.9 Å². The maximum absolute atomic E-state index is 13.4. The van der Waals surface area contributed by atoms with Crippen molar-refractivity contribution in [2.75, 3.05) is 17.5 Å². The average molecular weight is 412 g/mol. The van der Waals surface area contributed by atoms with E-state index in [0.29, 0.717) is 36.0 Å². The van der Waals surface area contributed by atoms with Crippen LogP contribution in [0, 0.1) is 11.3 Å². The highest BCUT2D eigenvalue weighted by Crippen LogP contribution is 2.36. The molecule has 0 fully saturated rings. The number of rotatable bonds is 5. The summed E-state index contributed by atoms with van der Waals surface area (Å²) in [5, 5.41) is 11.0. The zero-order chi connectivity index (χ0) is 19.6. The Balaban J connectivity index is 1.80. The van der Waals surface area contributed by atoms with E-state index in [1.54, 1.807) is 30.3 Å². The van der Waals surface area contributed by atoms with Crippen molar-refractivity contribution in [2.45, 2.75) is 11.4 Å². The average Bonchev–Trinajstić information content (AvgIpc) is 3.25. The zero-order valence-electron chi connectivity index (χ0n) is 14.7. The lowest BCUT2D eigenvalue weighted by Gasteiger charge is -2.26. The number of anilines is 1. The van der Waals surface area contributed by atoms with Gasteiger partial charge in [-0.05, 0) is 41.8 Å². The standard InChI is InChI=1S/C20H16N2O4S2/c21-13-15-3-1-5-18(11-15)28(23,24)22(14-17-4-2-10-27-17)16-6-7-19-20(12-16)26-9-8-25-19/h1-7,10-12H,8-9,14H2. The van der Waals surface area contributed by atoms with Crippen LogP contribution in [-0.4, -0.2) is 21.6 Å². The lowest BCUT2D eigenvalue weighted by Crippen LogP contribution is -2.30. The van der Waals surface area contributed by atoms with Crippen LogP contribution in [0.15, 0.2) is 64.9 Å². The van der Waals surface area contributed by atoms with E-state index in [2.05, 4.69) is 0 Å². The quantitative estimate of drug-likeness (QED) is 0.637. The number of fused-ring (bicyclic) bond motifs is 1. The number of benzene rings is 2. The van der Waals surface area contributed by atoms with Gasteiger partial charge in [-0.25, -0.2) is 8.42 Å². The van der Waals surface area contributed by atoms with E-state index in [-0.39, 0.29) is 11.4 Å². The van der Waals surface area contributed by atoms with Crippen LogP contribution in [0.2, 0.25) is 0 Å². The summed E-state index contributed by atoms with van der Waals surface area (Å²) in [6.45, 7) is 1.05. The number of nitrogens with zero attached hydrogens (tertiary/aromatic N) is 2.